The lowest BCUT2D eigenvalue weighted by Gasteiger charge is -2.21. The molecule has 4 rings (SSSR count). The highest BCUT2D eigenvalue weighted by molar-refractivity contribution is 6.11. The molecule has 23 heavy (non-hydrogen) atoms. The number of ether oxygens (including phenoxy) is 2. The number of ketones is 1. The molecule has 0 aliphatic carbocycles. The minimum atomic E-state index is -1.40. The number of rotatable bonds is 3. The number of carbonyl (C=O) groups excluding carboxylic acids is 2. The lowest BCUT2D eigenvalue weighted by Crippen LogP contribution is -2.43. The van der Waals surface area contributed by atoms with Gasteiger partial charge in [0.1, 0.15) is 5.69 Å². The Morgan fingerprint density at radius 1 is 1.13 bits per heavy atom. The molecule has 3 heterocycles. The molecule has 1 saturated heterocycles. The number of carbonyl (C=O) groups is 2. The molecule has 6 heteroatoms. The summed E-state index contributed by atoms with van der Waals surface area (Å²) in [6.07, 6.45) is 1.55. The Hall–Kier alpha value is -2.57. The fourth-order valence-electron chi connectivity index (χ4n) is 2.99. The van der Waals surface area contributed by atoms with Crippen LogP contribution in [0, 0.1) is 0 Å². The van der Waals surface area contributed by atoms with Gasteiger partial charge in [0.15, 0.2) is 0 Å². The van der Waals surface area contributed by atoms with Gasteiger partial charge in [0.2, 0.25) is 5.78 Å². The van der Waals surface area contributed by atoms with E-state index in [4.69, 9.17) is 9.47 Å². The largest absolute Gasteiger partial charge is 0.336 e. The standard InChI is InChI=1S/C17H14N2O4/c20-15(13-6-3-4-8-18-13)11-19-14-7-2-1-5-12(14)17(16(19)21)22-9-10-23-17/h1-8H,9-11H2. The molecule has 0 unspecified atom stereocenters. The van der Waals surface area contributed by atoms with E-state index in [9.17, 15) is 9.59 Å². The zero-order valence-electron chi connectivity index (χ0n) is 12.3. The predicted octanol–water partition coefficient (Wildman–Crippen LogP) is 1.51. The number of para-hydroxylation sites is 1. The predicted molar refractivity (Wildman–Crippen MR) is 80.9 cm³/mol. The average Bonchev–Trinajstić information content (AvgIpc) is 3.17. The van der Waals surface area contributed by atoms with Crippen molar-refractivity contribution in [1.82, 2.24) is 4.98 Å². The van der Waals surface area contributed by atoms with Crippen molar-refractivity contribution in [3.63, 3.8) is 0 Å². The molecule has 0 bridgehead atoms. The highest BCUT2D eigenvalue weighted by Gasteiger charge is 2.56. The third-order valence-corrected chi connectivity index (χ3v) is 4.02. The summed E-state index contributed by atoms with van der Waals surface area (Å²) < 4.78 is 11.2. The summed E-state index contributed by atoms with van der Waals surface area (Å²) in [4.78, 5) is 30.7. The van der Waals surface area contributed by atoms with Crippen LogP contribution >= 0.6 is 0 Å². The Morgan fingerprint density at radius 3 is 2.61 bits per heavy atom. The monoisotopic (exact) mass is 310 g/mol. The van der Waals surface area contributed by atoms with Gasteiger partial charge in [-0.1, -0.05) is 24.3 Å². The summed E-state index contributed by atoms with van der Waals surface area (Å²) in [5, 5.41) is 0. The smallest absolute Gasteiger partial charge is 0.292 e. The summed E-state index contributed by atoms with van der Waals surface area (Å²) >= 11 is 0. The number of hydrogen-bond acceptors (Lipinski definition) is 5. The molecule has 1 fully saturated rings. The molecule has 6 nitrogen and oxygen atoms in total. The molecule has 2 aliphatic heterocycles. The average molecular weight is 310 g/mol. The van der Waals surface area contributed by atoms with E-state index in [1.807, 2.05) is 12.1 Å². The van der Waals surface area contributed by atoms with Crippen molar-refractivity contribution in [1.29, 1.82) is 0 Å². The lowest BCUT2D eigenvalue weighted by atomic mass is 10.1. The van der Waals surface area contributed by atoms with E-state index in [1.54, 1.807) is 36.5 Å². The summed E-state index contributed by atoms with van der Waals surface area (Å²) in [6.45, 7) is 0.603. The Kier molecular flexibility index (Phi) is 3.21. The van der Waals surface area contributed by atoms with E-state index in [0.29, 0.717) is 30.2 Å². The Bertz CT molecular complexity index is 769. The molecule has 0 N–H and O–H groups in total. The second-order valence-corrected chi connectivity index (χ2v) is 5.36. The summed E-state index contributed by atoms with van der Waals surface area (Å²) in [5.41, 5.74) is 1.62. The second kappa shape index (κ2) is 5.26. The van der Waals surface area contributed by atoms with Gasteiger partial charge in [-0.15, -0.1) is 0 Å². The molecule has 1 aromatic heterocycles. The summed E-state index contributed by atoms with van der Waals surface area (Å²) in [6, 6.07) is 12.3. The van der Waals surface area contributed by atoms with Gasteiger partial charge in [0.05, 0.1) is 25.4 Å². The van der Waals surface area contributed by atoms with E-state index in [1.165, 1.54) is 4.90 Å². The van der Waals surface area contributed by atoms with Crippen molar-refractivity contribution in [2.45, 2.75) is 5.79 Å². The van der Waals surface area contributed by atoms with Crippen LogP contribution in [0.1, 0.15) is 16.1 Å². The second-order valence-electron chi connectivity index (χ2n) is 5.36. The molecule has 0 radical (unpaired) electrons. The number of hydrogen-bond donors (Lipinski definition) is 0. The first-order chi connectivity index (χ1) is 11.2. The third-order valence-electron chi connectivity index (χ3n) is 4.02. The highest BCUT2D eigenvalue weighted by atomic mass is 16.7. The van der Waals surface area contributed by atoms with Crippen LogP contribution in [0.3, 0.4) is 0 Å². The van der Waals surface area contributed by atoms with Crippen LogP contribution in [0.25, 0.3) is 0 Å². The first-order valence-corrected chi connectivity index (χ1v) is 7.36. The summed E-state index contributed by atoms with van der Waals surface area (Å²) in [7, 11) is 0. The first-order valence-electron chi connectivity index (χ1n) is 7.36. The first kappa shape index (κ1) is 14.0. The van der Waals surface area contributed by atoms with E-state index in [0.717, 1.165) is 0 Å². The Morgan fingerprint density at radius 2 is 1.87 bits per heavy atom. The number of fused-ring (bicyclic) bond motifs is 2. The van der Waals surface area contributed by atoms with Crippen molar-refractivity contribution in [3.8, 4) is 0 Å². The van der Waals surface area contributed by atoms with E-state index in [-0.39, 0.29) is 18.2 Å². The number of nitrogens with zero attached hydrogens (tertiary/aromatic N) is 2. The fourth-order valence-corrected chi connectivity index (χ4v) is 2.99. The molecule has 1 aromatic carbocycles. The van der Waals surface area contributed by atoms with Crippen LogP contribution in [0.5, 0.6) is 0 Å². The molecule has 1 amide bonds. The van der Waals surface area contributed by atoms with Crippen LogP contribution in [-0.4, -0.2) is 36.4 Å². The van der Waals surface area contributed by atoms with Crippen LogP contribution < -0.4 is 4.90 Å². The number of Topliss-reactive ketones (excluding diaryl/α,β-unsaturated/α-hetero) is 1. The molecule has 0 saturated carbocycles. The Balaban J connectivity index is 1.70. The minimum Gasteiger partial charge on any atom is -0.336 e. The van der Waals surface area contributed by atoms with Gasteiger partial charge in [-0.2, -0.15) is 0 Å². The van der Waals surface area contributed by atoms with E-state index < -0.39 is 5.79 Å². The van der Waals surface area contributed by atoms with Gasteiger partial charge >= 0.3 is 0 Å². The SMILES string of the molecule is O=C(CN1C(=O)C2(OCCO2)c2ccccc21)c1ccccn1. The zero-order chi connectivity index (χ0) is 15.9. The van der Waals surface area contributed by atoms with Gasteiger partial charge in [-0.05, 0) is 18.2 Å². The Labute approximate surface area is 132 Å². The van der Waals surface area contributed by atoms with Crippen LogP contribution in [0.2, 0.25) is 0 Å². The topological polar surface area (TPSA) is 68.7 Å². The van der Waals surface area contributed by atoms with Crippen LogP contribution in [-0.2, 0) is 20.1 Å². The molecule has 0 atom stereocenters. The van der Waals surface area contributed by atoms with Crippen molar-refractivity contribution < 1.29 is 19.1 Å². The number of anilines is 1. The highest BCUT2D eigenvalue weighted by Crippen LogP contribution is 2.45. The molecular weight excluding hydrogens is 296 g/mol. The van der Waals surface area contributed by atoms with E-state index >= 15 is 0 Å². The van der Waals surface area contributed by atoms with Gasteiger partial charge in [-0.3, -0.25) is 19.5 Å². The molecule has 2 aromatic rings. The molecule has 1 spiro atoms. The number of amides is 1. The van der Waals surface area contributed by atoms with Gasteiger partial charge < -0.3 is 9.47 Å². The summed E-state index contributed by atoms with van der Waals surface area (Å²) in [5.74, 6) is -2.00. The zero-order valence-corrected chi connectivity index (χ0v) is 12.3. The molecule has 116 valence electrons. The van der Waals surface area contributed by atoms with Gasteiger partial charge in [0.25, 0.3) is 11.7 Å². The van der Waals surface area contributed by atoms with Gasteiger partial charge in [-0.25, -0.2) is 0 Å². The van der Waals surface area contributed by atoms with Crippen molar-refractivity contribution in [2.75, 3.05) is 24.7 Å². The number of aromatic nitrogens is 1. The van der Waals surface area contributed by atoms with Crippen LogP contribution in [0.4, 0.5) is 5.69 Å². The normalized spacial score (nSPS) is 18.4. The van der Waals surface area contributed by atoms with Crippen molar-refractivity contribution >= 4 is 17.4 Å². The van der Waals surface area contributed by atoms with Crippen molar-refractivity contribution in [2.24, 2.45) is 0 Å². The maximum atomic E-state index is 12.9. The molecule has 2 aliphatic rings. The van der Waals surface area contributed by atoms with Gasteiger partial charge in [0, 0.05) is 11.8 Å². The number of pyridine rings is 1. The van der Waals surface area contributed by atoms with Crippen LogP contribution in [0.15, 0.2) is 48.7 Å². The quantitative estimate of drug-likeness (QED) is 0.804. The fraction of sp³-hybridized carbons (Fsp3) is 0.235. The third kappa shape index (κ3) is 2.07. The minimum absolute atomic E-state index is 0.0959. The molecular formula is C17H14N2O4. The number of benzene rings is 1. The lowest BCUT2D eigenvalue weighted by molar-refractivity contribution is -0.180. The van der Waals surface area contributed by atoms with E-state index in [2.05, 4.69) is 4.98 Å². The maximum absolute atomic E-state index is 12.9. The maximum Gasteiger partial charge on any atom is 0.292 e. The van der Waals surface area contributed by atoms with Crippen molar-refractivity contribution in [3.05, 3.63) is 59.9 Å².